The van der Waals surface area contributed by atoms with Gasteiger partial charge in [0.15, 0.2) is 5.76 Å². The maximum atomic E-state index is 13.4. The molecule has 1 N–H and O–H groups in total. The molecule has 8 heteroatoms. The van der Waals surface area contributed by atoms with Crippen molar-refractivity contribution in [3.8, 4) is 0 Å². The van der Waals surface area contributed by atoms with E-state index >= 15 is 0 Å². The molecule has 31 heavy (non-hydrogen) atoms. The Morgan fingerprint density at radius 3 is 2.52 bits per heavy atom. The Balaban J connectivity index is 1.57. The highest BCUT2D eigenvalue weighted by molar-refractivity contribution is 6.01. The Hall–Kier alpha value is -1.93. The Labute approximate surface area is 182 Å². The predicted molar refractivity (Wildman–Crippen MR) is 109 cm³/mol. The van der Waals surface area contributed by atoms with Crippen LogP contribution in [0.4, 0.5) is 0 Å². The van der Waals surface area contributed by atoms with Crippen LogP contribution in [0.25, 0.3) is 0 Å². The Morgan fingerprint density at radius 1 is 1.16 bits per heavy atom. The standard InChI is InChI=1S/C23H33NO7/c1-11-10-17(30-22(11)27)14-7-8-15-18(16(25)6-5-9-24(14)15)12(2)19(26)21-20(29-4)13(3)23(28)31-21/h11-18,25H,5-10H2,1-4H3/t11-,12-,13?,14-,15-,16-,17-,18+/m0/s1. The van der Waals surface area contributed by atoms with Crippen LogP contribution in [0.2, 0.25) is 0 Å². The molecule has 0 spiro atoms. The molecule has 172 valence electrons. The Kier molecular flexibility index (Phi) is 6.14. The van der Waals surface area contributed by atoms with Crippen molar-refractivity contribution in [3.05, 3.63) is 11.5 Å². The summed E-state index contributed by atoms with van der Waals surface area (Å²) in [6, 6.07) is 0.129. The number of carbonyl (C=O) groups excluding carboxylic acids is 3. The number of rotatable bonds is 5. The van der Waals surface area contributed by atoms with E-state index in [0.29, 0.717) is 12.8 Å². The molecule has 0 saturated carbocycles. The normalized spacial score (nSPS) is 39.7. The molecule has 8 nitrogen and oxygen atoms in total. The molecule has 4 aliphatic rings. The number of ketones is 1. The minimum Gasteiger partial charge on any atom is -0.496 e. The average molecular weight is 436 g/mol. The van der Waals surface area contributed by atoms with Crippen molar-refractivity contribution >= 4 is 17.7 Å². The van der Waals surface area contributed by atoms with Gasteiger partial charge in [-0.2, -0.15) is 0 Å². The number of esters is 2. The number of aliphatic hydroxyl groups is 1. The number of methoxy groups -OCH3 is 1. The van der Waals surface area contributed by atoms with Crippen molar-refractivity contribution in [3.63, 3.8) is 0 Å². The van der Waals surface area contributed by atoms with E-state index in [1.165, 1.54) is 7.11 Å². The fourth-order valence-corrected chi connectivity index (χ4v) is 6.02. The van der Waals surface area contributed by atoms with Gasteiger partial charge < -0.3 is 19.3 Å². The maximum Gasteiger partial charge on any atom is 0.322 e. The molecule has 0 bridgehead atoms. The molecule has 4 heterocycles. The van der Waals surface area contributed by atoms with Gasteiger partial charge in [-0.3, -0.25) is 19.3 Å². The van der Waals surface area contributed by atoms with Gasteiger partial charge in [0, 0.05) is 23.9 Å². The second-order valence-corrected chi connectivity index (χ2v) is 9.54. The van der Waals surface area contributed by atoms with Gasteiger partial charge in [0.25, 0.3) is 0 Å². The number of fused-ring (bicyclic) bond motifs is 1. The van der Waals surface area contributed by atoms with Crippen molar-refractivity contribution < 1.29 is 33.7 Å². The van der Waals surface area contributed by atoms with E-state index < -0.39 is 23.9 Å². The monoisotopic (exact) mass is 435 g/mol. The first-order valence-electron chi connectivity index (χ1n) is 11.4. The highest BCUT2D eigenvalue weighted by atomic mass is 16.6. The van der Waals surface area contributed by atoms with Crippen LogP contribution in [0.1, 0.15) is 52.9 Å². The average Bonchev–Trinajstić information content (AvgIpc) is 3.34. The van der Waals surface area contributed by atoms with E-state index in [9.17, 15) is 19.5 Å². The van der Waals surface area contributed by atoms with Crippen LogP contribution in [0.5, 0.6) is 0 Å². The highest BCUT2D eigenvalue weighted by Crippen LogP contribution is 2.43. The van der Waals surface area contributed by atoms with Crippen molar-refractivity contribution in [1.29, 1.82) is 0 Å². The van der Waals surface area contributed by atoms with Gasteiger partial charge in [-0.15, -0.1) is 0 Å². The lowest BCUT2D eigenvalue weighted by Crippen LogP contribution is -2.49. The summed E-state index contributed by atoms with van der Waals surface area (Å²) in [5, 5.41) is 11.0. The second kappa shape index (κ2) is 8.54. The van der Waals surface area contributed by atoms with Gasteiger partial charge in [-0.1, -0.05) is 13.8 Å². The summed E-state index contributed by atoms with van der Waals surface area (Å²) < 4.78 is 16.2. The summed E-state index contributed by atoms with van der Waals surface area (Å²) in [6.45, 7) is 6.17. The van der Waals surface area contributed by atoms with Crippen LogP contribution in [-0.2, 0) is 28.6 Å². The van der Waals surface area contributed by atoms with E-state index in [-0.39, 0.29) is 53.3 Å². The van der Waals surface area contributed by atoms with Crippen LogP contribution in [0, 0.1) is 23.7 Å². The van der Waals surface area contributed by atoms with Gasteiger partial charge in [0.1, 0.15) is 12.0 Å². The van der Waals surface area contributed by atoms with Gasteiger partial charge in [0.2, 0.25) is 11.5 Å². The van der Waals surface area contributed by atoms with Gasteiger partial charge in [0.05, 0.1) is 19.1 Å². The first-order valence-corrected chi connectivity index (χ1v) is 11.4. The van der Waals surface area contributed by atoms with E-state index in [0.717, 1.165) is 25.8 Å². The molecule has 1 unspecified atom stereocenters. The number of ether oxygens (including phenoxy) is 3. The fraction of sp³-hybridized carbons (Fsp3) is 0.783. The fourth-order valence-electron chi connectivity index (χ4n) is 6.02. The van der Waals surface area contributed by atoms with Gasteiger partial charge in [-0.05, 0) is 45.6 Å². The number of aliphatic hydroxyl groups excluding tert-OH is 1. The molecular weight excluding hydrogens is 402 g/mol. The van der Waals surface area contributed by atoms with Crippen molar-refractivity contribution in [1.82, 2.24) is 4.90 Å². The molecule has 4 aliphatic heterocycles. The molecule has 0 aromatic rings. The number of allylic oxidation sites excluding steroid dienone is 1. The molecule has 0 radical (unpaired) electrons. The third kappa shape index (κ3) is 3.78. The van der Waals surface area contributed by atoms with Crippen LogP contribution in [-0.4, -0.2) is 65.7 Å². The van der Waals surface area contributed by atoms with Gasteiger partial charge in [-0.25, -0.2) is 0 Å². The summed E-state index contributed by atoms with van der Waals surface area (Å²) in [5.41, 5.74) is 0. The van der Waals surface area contributed by atoms with Crippen molar-refractivity contribution in [2.75, 3.05) is 13.7 Å². The van der Waals surface area contributed by atoms with E-state index in [1.807, 2.05) is 13.8 Å². The Morgan fingerprint density at radius 2 is 1.87 bits per heavy atom. The van der Waals surface area contributed by atoms with E-state index in [4.69, 9.17) is 14.2 Å². The maximum absolute atomic E-state index is 13.4. The minimum absolute atomic E-state index is 0.0113. The zero-order valence-corrected chi connectivity index (χ0v) is 18.7. The molecule has 0 aliphatic carbocycles. The quantitative estimate of drug-likeness (QED) is 0.652. The SMILES string of the molecule is COC1=C(C(=O)[C@@H](C)[C@H]2[C@@H](O)CCCN3[C@H]2CC[C@H]3[C@@H]2C[C@H](C)C(=O)O2)OC(=O)C1C. The first-order chi connectivity index (χ1) is 14.7. The number of carbonyl (C=O) groups is 3. The highest BCUT2D eigenvalue weighted by Gasteiger charge is 2.51. The number of hydrogen-bond acceptors (Lipinski definition) is 8. The van der Waals surface area contributed by atoms with E-state index in [2.05, 4.69) is 4.90 Å². The van der Waals surface area contributed by atoms with Crippen LogP contribution in [0.15, 0.2) is 11.5 Å². The lowest BCUT2D eigenvalue weighted by molar-refractivity contribution is -0.146. The zero-order chi connectivity index (χ0) is 22.4. The zero-order valence-electron chi connectivity index (χ0n) is 18.7. The molecule has 3 fully saturated rings. The topological polar surface area (TPSA) is 102 Å². The van der Waals surface area contributed by atoms with Crippen LogP contribution in [0.3, 0.4) is 0 Å². The summed E-state index contributed by atoms with van der Waals surface area (Å²) in [7, 11) is 1.43. The summed E-state index contributed by atoms with van der Waals surface area (Å²) in [6.07, 6.45) is 3.09. The minimum atomic E-state index is -0.626. The number of cyclic esters (lactones) is 2. The third-order valence-electron chi connectivity index (χ3n) is 7.71. The lowest BCUT2D eigenvalue weighted by atomic mass is 9.78. The summed E-state index contributed by atoms with van der Waals surface area (Å²) in [4.78, 5) is 39.7. The molecule has 4 rings (SSSR count). The number of hydrogen-bond donors (Lipinski definition) is 1. The molecule has 0 amide bonds. The van der Waals surface area contributed by atoms with Crippen LogP contribution >= 0.6 is 0 Å². The van der Waals surface area contributed by atoms with Crippen molar-refractivity contribution in [2.24, 2.45) is 23.7 Å². The largest absolute Gasteiger partial charge is 0.496 e. The summed E-state index contributed by atoms with van der Waals surface area (Å²) in [5.74, 6) is -2.23. The summed E-state index contributed by atoms with van der Waals surface area (Å²) >= 11 is 0. The lowest BCUT2D eigenvalue weighted by Gasteiger charge is -2.37. The first kappa shape index (κ1) is 22.3. The predicted octanol–water partition coefficient (Wildman–Crippen LogP) is 1.80. The van der Waals surface area contributed by atoms with E-state index in [1.54, 1.807) is 6.92 Å². The van der Waals surface area contributed by atoms with Crippen molar-refractivity contribution in [2.45, 2.75) is 77.2 Å². The Bertz CT molecular complexity index is 793. The number of nitrogens with zero attached hydrogens (tertiary/aromatic N) is 1. The van der Waals surface area contributed by atoms with Crippen LogP contribution < -0.4 is 0 Å². The number of Topliss-reactive ketones (excluding diaryl/α,β-unsaturated/α-hetero) is 1. The molecule has 8 atom stereocenters. The molecular formula is C23H33NO7. The molecule has 0 aromatic carbocycles. The van der Waals surface area contributed by atoms with Gasteiger partial charge >= 0.3 is 11.9 Å². The molecule has 3 saturated heterocycles. The molecule has 0 aromatic heterocycles. The third-order valence-corrected chi connectivity index (χ3v) is 7.71. The second-order valence-electron chi connectivity index (χ2n) is 9.54. The smallest absolute Gasteiger partial charge is 0.322 e.